The maximum absolute atomic E-state index is 9.41. The van der Waals surface area contributed by atoms with Crippen molar-refractivity contribution in [3.05, 3.63) is 48.5 Å². The number of rotatable bonds is 2. The lowest BCUT2D eigenvalue weighted by Crippen LogP contribution is -2.01. The average molecular weight is 289 g/mol. The second kappa shape index (κ2) is 5.63. The summed E-state index contributed by atoms with van der Waals surface area (Å²) < 4.78 is 0. The monoisotopic (exact) mass is 288 g/mol. The summed E-state index contributed by atoms with van der Waals surface area (Å²) in [6.45, 7) is 0. The molecule has 0 fully saturated rings. The van der Waals surface area contributed by atoms with Crippen LogP contribution in [0.15, 0.2) is 48.5 Å². The summed E-state index contributed by atoms with van der Waals surface area (Å²) in [5.74, 6) is 1.01. The fraction of sp³-hybridized carbons (Fsp3) is 0. The highest BCUT2D eigenvalue weighted by atomic mass is 35.5. The van der Waals surface area contributed by atoms with Crippen molar-refractivity contribution in [3.8, 4) is 5.75 Å². The van der Waals surface area contributed by atoms with Crippen LogP contribution in [0.1, 0.15) is 0 Å². The largest absolute Gasteiger partial charge is 0.508 e. The number of hydrogen-bond donors (Lipinski definition) is 3. The zero-order chi connectivity index (χ0) is 13.2. The van der Waals surface area contributed by atoms with Gasteiger partial charge in [-0.3, -0.25) is 0 Å². The van der Waals surface area contributed by atoms with Crippen LogP contribution in [0, 0.1) is 0 Å². The second-order valence-corrected chi connectivity index (χ2v) is 4.12. The number of benzene rings is 2. The first-order chi connectivity index (χ1) is 9.22. The number of anilines is 3. The fourth-order valence-electron chi connectivity index (χ4n) is 1.87. The van der Waals surface area contributed by atoms with E-state index < -0.39 is 0 Å². The molecule has 0 amide bonds. The summed E-state index contributed by atoms with van der Waals surface area (Å²) in [6.07, 6.45) is 0. The summed E-state index contributed by atoms with van der Waals surface area (Å²) >= 11 is 0. The zero-order valence-electron chi connectivity index (χ0n) is 10.4. The molecule has 0 saturated carbocycles. The van der Waals surface area contributed by atoms with Crippen LogP contribution in [0.4, 0.5) is 17.5 Å². The van der Waals surface area contributed by atoms with E-state index in [1.54, 1.807) is 18.2 Å². The molecule has 0 atom stereocenters. The first-order valence-corrected chi connectivity index (χ1v) is 5.81. The van der Waals surface area contributed by atoms with E-state index in [0.717, 1.165) is 10.9 Å². The van der Waals surface area contributed by atoms with Gasteiger partial charge in [-0.25, -0.2) is 4.98 Å². The van der Waals surface area contributed by atoms with E-state index >= 15 is 0 Å². The van der Waals surface area contributed by atoms with Gasteiger partial charge in [0.2, 0.25) is 5.95 Å². The van der Waals surface area contributed by atoms with Crippen molar-refractivity contribution in [2.24, 2.45) is 0 Å². The van der Waals surface area contributed by atoms with Crippen molar-refractivity contribution < 1.29 is 5.11 Å². The number of para-hydroxylation sites is 1. The Morgan fingerprint density at radius 2 is 1.80 bits per heavy atom. The number of hydrogen-bond acceptors (Lipinski definition) is 5. The van der Waals surface area contributed by atoms with Crippen molar-refractivity contribution in [3.63, 3.8) is 0 Å². The SMILES string of the molecule is Cl.Nc1nc(Nc2cccc(O)c2)nc2ccccc12. The number of nitrogens with zero attached hydrogens (tertiary/aromatic N) is 2. The third-order valence-corrected chi connectivity index (χ3v) is 2.74. The molecule has 6 heteroatoms. The molecule has 5 nitrogen and oxygen atoms in total. The van der Waals surface area contributed by atoms with Crippen LogP contribution >= 0.6 is 12.4 Å². The van der Waals surface area contributed by atoms with Crippen LogP contribution in [0.25, 0.3) is 10.9 Å². The molecule has 3 aromatic rings. The van der Waals surface area contributed by atoms with Crippen LogP contribution in [0.5, 0.6) is 5.75 Å². The lowest BCUT2D eigenvalue weighted by molar-refractivity contribution is 0.475. The number of phenolic OH excluding ortho intramolecular Hbond substituents is 1. The van der Waals surface area contributed by atoms with Crippen LogP contribution in [-0.2, 0) is 0 Å². The highest BCUT2D eigenvalue weighted by Gasteiger charge is 2.05. The van der Waals surface area contributed by atoms with Crippen molar-refractivity contribution in [2.75, 3.05) is 11.1 Å². The highest BCUT2D eigenvalue weighted by molar-refractivity contribution is 5.89. The summed E-state index contributed by atoms with van der Waals surface area (Å²) in [4.78, 5) is 8.58. The molecule has 0 spiro atoms. The summed E-state index contributed by atoms with van der Waals surface area (Å²) in [7, 11) is 0. The Balaban J connectivity index is 0.00000147. The van der Waals surface area contributed by atoms with Crippen molar-refractivity contribution in [2.45, 2.75) is 0 Å². The minimum atomic E-state index is 0. The molecular formula is C14H13ClN4O. The molecule has 2 aromatic carbocycles. The number of nitrogens with one attached hydrogen (secondary N) is 1. The molecule has 20 heavy (non-hydrogen) atoms. The number of halogens is 1. The Hall–Kier alpha value is -2.53. The Kier molecular flexibility index (Phi) is 3.91. The lowest BCUT2D eigenvalue weighted by atomic mass is 10.2. The van der Waals surface area contributed by atoms with E-state index in [4.69, 9.17) is 5.73 Å². The molecule has 0 aliphatic rings. The van der Waals surface area contributed by atoms with Gasteiger partial charge in [-0.05, 0) is 24.3 Å². The van der Waals surface area contributed by atoms with Gasteiger partial charge in [0, 0.05) is 17.1 Å². The molecule has 1 aromatic heterocycles. The van der Waals surface area contributed by atoms with Gasteiger partial charge in [-0.1, -0.05) is 18.2 Å². The highest BCUT2D eigenvalue weighted by Crippen LogP contribution is 2.22. The number of aromatic hydroxyl groups is 1. The molecule has 0 bridgehead atoms. The molecule has 4 N–H and O–H groups in total. The van der Waals surface area contributed by atoms with E-state index in [1.165, 1.54) is 0 Å². The molecule has 1 heterocycles. The van der Waals surface area contributed by atoms with Gasteiger partial charge in [0.15, 0.2) is 0 Å². The normalized spacial score (nSPS) is 10.0. The third kappa shape index (κ3) is 2.73. The summed E-state index contributed by atoms with van der Waals surface area (Å²) in [6, 6.07) is 14.3. The minimum absolute atomic E-state index is 0. The first-order valence-electron chi connectivity index (χ1n) is 5.81. The van der Waals surface area contributed by atoms with Crippen molar-refractivity contribution in [1.82, 2.24) is 9.97 Å². The first kappa shape index (κ1) is 13.9. The van der Waals surface area contributed by atoms with E-state index in [9.17, 15) is 5.11 Å². The Labute approximate surface area is 121 Å². The van der Waals surface area contributed by atoms with Gasteiger partial charge in [-0.2, -0.15) is 4.98 Å². The second-order valence-electron chi connectivity index (χ2n) is 4.12. The third-order valence-electron chi connectivity index (χ3n) is 2.74. The zero-order valence-corrected chi connectivity index (χ0v) is 11.3. The Morgan fingerprint density at radius 1 is 1.00 bits per heavy atom. The number of fused-ring (bicyclic) bond motifs is 1. The summed E-state index contributed by atoms with van der Waals surface area (Å²) in [5, 5.41) is 13.3. The van der Waals surface area contributed by atoms with Gasteiger partial charge in [0.05, 0.1) is 5.52 Å². The van der Waals surface area contributed by atoms with E-state index in [1.807, 2.05) is 30.3 Å². The smallest absolute Gasteiger partial charge is 0.229 e. The van der Waals surface area contributed by atoms with E-state index in [0.29, 0.717) is 17.5 Å². The molecule has 0 aliphatic carbocycles. The number of phenols is 1. The maximum atomic E-state index is 9.41. The minimum Gasteiger partial charge on any atom is -0.508 e. The number of aromatic nitrogens is 2. The standard InChI is InChI=1S/C14H12N4O.ClH/c15-13-11-6-1-2-7-12(11)17-14(18-13)16-9-4-3-5-10(19)8-9;/h1-8,19H,(H3,15,16,17,18);1H. The predicted molar refractivity (Wildman–Crippen MR) is 82.6 cm³/mol. The molecule has 0 aliphatic heterocycles. The predicted octanol–water partition coefficient (Wildman–Crippen LogP) is 3.08. The lowest BCUT2D eigenvalue weighted by Gasteiger charge is -2.07. The molecule has 0 saturated heterocycles. The van der Waals surface area contributed by atoms with Crippen molar-refractivity contribution >= 4 is 40.8 Å². The van der Waals surface area contributed by atoms with Gasteiger partial charge in [-0.15, -0.1) is 12.4 Å². The average Bonchev–Trinajstić information content (AvgIpc) is 2.39. The van der Waals surface area contributed by atoms with Gasteiger partial charge in [0.25, 0.3) is 0 Å². The van der Waals surface area contributed by atoms with Crippen molar-refractivity contribution in [1.29, 1.82) is 0 Å². The van der Waals surface area contributed by atoms with E-state index in [2.05, 4.69) is 15.3 Å². The molecular weight excluding hydrogens is 276 g/mol. The van der Waals surface area contributed by atoms with Crippen LogP contribution in [0.3, 0.4) is 0 Å². The van der Waals surface area contributed by atoms with Crippen LogP contribution < -0.4 is 11.1 Å². The van der Waals surface area contributed by atoms with Gasteiger partial charge < -0.3 is 16.2 Å². The maximum Gasteiger partial charge on any atom is 0.229 e. The Bertz CT molecular complexity index is 748. The van der Waals surface area contributed by atoms with Crippen LogP contribution in [0.2, 0.25) is 0 Å². The molecule has 0 unspecified atom stereocenters. The Morgan fingerprint density at radius 3 is 2.60 bits per heavy atom. The quantitative estimate of drug-likeness (QED) is 0.675. The summed E-state index contributed by atoms with van der Waals surface area (Å²) in [5.41, 5.74) is 7.38. The topological polar surface area (TPSA) is 84.1 Å². The molecule has 3 rings (SSSR count). The number of nitrogens with two attached hydrogens (primary N) is 1. The van der Waals surface area contributed by atoms with E-state index in [-0.39, 0.29) is 18.2 Å². The molecule has 0 radical (unpaired) electrons. The molecule has 102 valence electrons. The van der Waals surface area contributed by atoms with Gasteiger partial charge in [0.1, 0.15) is 11.6 Å². The number of nitrogen functional groups attached to an aromatic ring is 1. The van der Waals surface area contributed by atoms with Crippen LogP contribution in [-0.4, -0.2) is 15.1 Å². The van der Waals surface area contributed by atoms with Gasteiger partial charge >= 0.3 is 0 Å². The fourth-order valence-corrected chi connectivity index (χ4v) is 1.87.